The van der Waals surface area contributed by atoms with Crippen LogP contribution < -0.4 is 5.32 Å². The molecule has 0 heterocycles. The average Bonchev–Trinajstić information content (AvgIpc) is 2.78. The second kappa shape index (κ2) is 5.61. The number of benzene rings is 1. The summed E-state index contributed by atoms with van der Waals surface area (Å²) in [6, 6.07) is 3.64. The molecule has 1 N–H and O–H groups in total. The third-order valence-corrected chi connectivity index (χ3v) is 4.10. The molecule has 106 valence electrons. The van der Waals surface area contributed by atoms with E-state index < -0.39 is 11.7 Å². The Hall–Kier alpha value is -0.900. The van der Waals surface area contributed by atoms with Gasteiger partial charge < -0.3 is 5.32 Å². The van der Waals surface area contributed by atoms with Crippen molar-refractivity contribution in [3.63, 3.8) is 0 Å². The van der Waals surface area contributed by atoms with Crippen molar-refractivity contribution in [3.05, 3.63) is 28.8 Å². The van der Waals surface area contributed by atoms with Gasteiger partial charge in [-0.25, -0.2) is 0 Å². The first-order valence-electron chi connectivity index (χ1n) is 6.53. The highest BCUT2D eigenvalue weighted by molar-refractivity contribution is 6.33. The summed E-state index contributed by atoms with van der Waals surface area (Å²) in [5.41, 5.74) is -0.275. The molecule has 1 aromatic carbocycles. The molecule has 0 radical (unpaired) electrons. The van der Waals surface area contributed by atoms with Crippen molar-refractivity contribution in [3.8, 4) is 0 Å². The van der Waals surface area contributed by atoms with E-state index in [1.54, 1.807) is 0 Å². The molecule has 1 nitrogen and oxygen atoms in total. The zero-order valence-corrected chi connectivity index (χ0v) is 11.5. The van der Waals surface area contributed by atoms with E-state index in [1.165, 1.54) is 6.07 Å². The Morgan fingerprint density at radius 1 is 1.32 bits per heavy atom. The van der Waals surface area contributed by atoms with Gasteiger partial charge in [0.2, 0.25) is 0 Å². The summed E-state index contributed by atoms with van der Waals surface area (Å²) in [6.07, 6.45) is -0.0872. The fourth-order valence-electron chi connectivity index (χ4n) is 2.61. The van der Waals surface area contributed by atoms with Crippen LogP contribution in [0.5, 0.6) is 0 Å². The van der Waals surface area contributed by atoms with Crippen molar-refractivity contribution in [1.29, 1.82) is 0 Å². The molecule has 1 fully saturated rings. The van der Waals surface area contributed by atoms with Gasteiger partial charge in [0.15, 0.2) is 0 Å². The fraction of sp³-hybridized carbons (Fsp3) is 0.571. The minimum Gasteiger partial charge on any atom is -0.381 e. The van der Waals surface area contributed by atoms with Crippen LogP contribution in [0.4, 0.5) is 18.9 Å². The van der Waals surface area contributed by atoms with Gasteiger partial charge in [-0.05, 0) is 43.4 Å². The van der Waals surface area contributed by atoms with Crippen LogP contribution in [0.15, 0.2) is 18.2 Å². The number of hydrogen-bond acceptors (Lipinski definition) is 1. The van der Waals surface area contributed by atoms with E-state index in [1.807, 2.05) is 0 Å². The summed E-state index contributed by atoms with van der Waals surface area (Å²) in [5, 5.41) is 3.49. The molecule has 1 aliphatic rings. The van der Waals surface area contributed by atoms with Crippen LogP contribution in [0.2, 0.25) is 5.02 Å². The number of anilines is 1. The third kappa shape index (κ3) is 3.56. The van der Waals surface area contributed by atoms with Crippen LogP contribution >= 0.6 is 11.6 Å². The van der Waals surface area contributed by atoms with Crippen molar-refractivity contribution in [2.75, 3.05) is 5.32 Å². The Morgan fingerprint density at radius 3 is 2.63 bits per heavy atom. The number of rotatable bonds is 3. The number of nitrogens with one attached hydrogen (secondary N) is 1. The molecule has 0 spiro atoms. The quantitative estimate of drug-likeness (QED) is 0.791. The van der Waals surface area contributed by atoms with E-state index in [2.05, 4.69) is 12.2 Å². The molecule has 1 aromatic rings. The van der Waals surface area contributed by atoms with Gasteiger partial charge in [-0.2, -0.15) is 13.2 Å². The van der Waals surface area contributed by atoms with Gasteiger partial charge in [0.05, 0.1) is 16.3 Å². The maximum Gasteiger partial charge on any atom is 0.416 e. The zero-order chi connectivity index (χ0) is 14.0. The topological polar surface area (TPSA) is 12.0 Å². The van der Waals surface area contributed by atoms with Gasteiger partial charge in [-0.1, -0.05) is 24.9 Å². The number of halogens is 4. The second-order valence-corrected chi connectivity index (χ2v) is 5.53. The summed E-state index contributed by atoms with van der Waals surface area (Å²) in [7, 11) is 0. The summed E-state index contributed by atoms with van der Waals surface area (Å²) in [6.45, 7) is 2.14. The van der Waals surface area contributed by atoms with E-state index in [0.29, 0.717) is 16.6 Å². The summed E-state index contributed by atoms with van der Waals surface area (Å²) < 4.78 is 38.0. The van der Waals surface area contributed by atoms with Gasteiger partial charge in [0, 0.05) is 6.04 Å². The van der Waals surface area contributed by atoms with E-state index in [0.717, 1.165) is 37.8 Å². The van der Waals surface area contributed by atoms with E-state index >= 15 is 0 Å². The molecule has 0 aliphatic heterocycles. The van der Waals surface area contributed by atoms with Gasteiger partial charge >= 0.3 is 6.18 Å². The minimum absolute atomic E-state index is 0.228. The second-order valence-electron chi connectivity index (χ2n) is 5.12. The summed E-state index contributed by atoms with van der Waals surface area (Å²) >= 11 is 5.97. The molecule has 1 aliphatic carbocycles. The average molecular weight is 292 g/mol. The molecule has 2 rings (SSSR count). The van der Waals surface area contributed by atoms with Crippen molar-refractivity contribution >= 4 is 17.3 Å². The lowest BCUT2D eigenvalue weighted by atomic mass is 10.1. The molecular formula is C14H17ClF3N. The monoisotopic (exact) mass is 291 g/mol. The first-order chi connectivity index (χ1) is 8.90. The largest absolute Gasteiger partial charge is 0.416 e. The highest BCUT2D eigenvalue weighted by atomic mass is 35.5. The number of alkyl halides is 3. The molecule has 0 aromatic heterocycles. The summed E-state index contributed by atoms with van der Waals surface area (Å²) in [4.78, 5) is 0. The lowest BCUT2D eigenvalue weighted by Gasteiger charge is -2.17. The Kier molecular flexibility index (Phi) is 4.29. The van der Waals surface area contributed by atoms with Crippen LogP contribution in [0, 0.1) is 5.92 Å². The Balaban J connectivity index is 2.12. The summed E-state index contributed by atoms with van der Waals surface area (Å²) in [5.74, 6) is 0.669. The predicted molar refractivity (Wildman–Crippen MR) is 71.5 cm³/mol. The van der Waals surface area contributed by atoms with Crippen LogP contribution in [0.25, 0.3) is 0 Å². The van der Waals surface area contributed by atoms with Crippen LogP contribution in [-0.4, -0.2) is 6.04 Å². The Labute approximate surface area is 116 Å². The van der Waals surface area contributed by atoms with Gasteiger partial charge in [0.1, 0.15) is 0 Å². The lowest BCUT2D eigenvalue weighted by Crippen LogP contribution is -2.16. The highest BCUT2D eigenvalue weighted by Crippen LogP contribution is 2.36. The lowest BCUT2D eigenvalue weighted by molar-refractivity contribution is -0.137. The smallest absolute Gasteiger partial charge is 0.381 e. The van der Waals surface area contributed by atoms with Gasteiger partial charge in [0.25, 0.3) is 0 Å². The van der Waals surface area contributed by atoms with E-state index in [-0.39, 0.29) is 6.04 Å². The maximum atomic E-state index is 12.7. The molecule has 0 saturated heterocycles. The van der Waals surface area contributed by atoms with Crippen molar-refractivity contribution in [2.45, 2.75) is 44.8 Å². The first-order valence-corrected chi connectivity index (χ1v) is 6.91. The standard InChI is InChI=1S/C14H17ClF3N/c1-2-9-3-5-11(7-9)19-13-8-10(14(16,17)18)4-6-12(13)15/h4,6,8-9,11,19H,2-3,5,7H2,1H3. The predicted octanol–water partition coefficient (Wildman–Crippen LogP) is 5.35. The maximum absolute atomic E-state index is 12.7. The molecule has 1 saturated carbocycles. The first kappa shape index (κ1) is 14.5. The van der Waals surface area contributed by atoms with Gasteiger partial charge in [-0.15, -0.1) is 0 Å². The zero-order valence-electron chi connectivity index (χ0n) is 10.7. The molecular weight excluding hydrogens is 275 g/mol. The molecule has 5 heteroatoms. The molecule has 19 heavy (non-hydrogen) atoms. The molecule has 0 amide bonds. The third-order valence-electron chi connectivity index (χ3n) is 3.77. The van der Waals surface area contributed by atoms with Crippen molar-refractivity contribution in [2.24, 2.45) is 5.92 Å². The van der Waals surface area contributed by atoms with E-state index in [4.69, 9.17) is 11.6 Å². The van der Waals surface area contributed by atoms with E-state index in [9.17, 15) is 13.2 Å². The van der Waals surface area contributed by atoms with Crippen LogP contribution in [0.3, 0.4) is 0 Å². The van der Waals surface area contributed by atoms with Crippen LogP contribution in [-0.2, 0) is 6.18 Å². The Morgan fingerprint density at radius 2 is 2.05 bits per heavy atom. The highest BCUT2D eigenvalue weighted by Gasteiger charge is 2.31. The van der Waals surface area contributed by atoms with Crippen LogP contribution in [0.1, 0.15) is 38.2 Å². The molecule has 0 bridgehead atoms. The fourth-order valence-corrected chi connectivity index (χ4v) is 2.78. The van der Waals surface area contributed by atoms with Gasteiger partial charge in [-0.3, -0.25) is 0 Å². The molecule has 2 atom stereocenters. The normalized spacial score (nSPS) is 23.6. The number of hydrogen-bond donors (Lipinski definition) is 1. The Bertz CT molecular complexity index is 445. The minimum atomic E-state index is -4.33. The molecule has 2 unspecified atom stereocenters. The van der Waals surface area contributed by atoms with Crippen molar-refractivity contribution in [1.82, 2.24) is 0 Å². The SMILES string of the molecule is CCC1CCC(Nc2cc(C(F)(F)F)ccc2Cl)C1. The van der Waals surface area contributed by atoms with Crippen molar-refractivity contribution < 1.29 is 13.2 Å².